The quantitative estimate of drug-likeness (QED) is 0.411. The van der Waals surface area contributed by atoms with E-state index in [2.05, 4.69) is 22.3 Å². The summed E-state index contributed by atoms with van der Waals surface area (Å²) in [5.74, 6) is 1.89. The molecule has 0 aliphatic carbocycles. The molecular formula is C19H34N4O3. The largest absolute Gasteiger partial charge is 0.385 e. The summed E-state index contributed by atoms with van der Waals surface area (Å²) in [6, 6.07) is 0. The average molecular weight is 367 g/mol. The maximum absolute atomic E-state index is 5.95. The normalized spacial score (nSPS) is 16.3. The van der Waals surface area contributed by atoms with Gasteiger partial charge < -0.3 is 24.2 Å². The van der Waals surface area contributed by atoms with Crippen molar-refractivity contribution in [3.8, 4) is 0 Å². The number of methoxy groups -OCH3 is 1. The number of aliphatic imine (C=N–C) groups is 1. The number of rotatable bonds is 9. The minimum Gasteiger partial charge on any atom is -0.385 e. The highest BCUT2D eigenvalue weighted by Crippen LogP contribution is 2.15. The van der Waals surface area contributed by atoms with Crippen LogP contribution in [0.5, 0.6) is 0 Å². The van der Waals surface area contributed by atoms with Crippen molar-refractivity contribution < 1.29 is 14.0 Å². The molecule has 0 spiro atoms. The molecule has 1 aliphatic heterocycles. The minimum absolute atomic E-state index is 0.355. The van der Waals surface area contributed by atoms with E-state index in [1.807, 2.05) is 13.8 Å². The molecular weight excluding hydrogens is 332 g/mol. The first-order chi connectivity index (χ1) is 12.7. The molecule has 26 heavy (non-hydrogen) atoms. The topological polar surface area (TPSA) is 72.1 Å². The molecule has 1 aromatic heterocycles. The number of likely N-dealkylation sites (tertiary alicyclic amines) is 1. The van der Waals surface area contributed by atoms with Crippen molar-refractivity contribution in [2.45, 2.75) is 52.6 Å². The second-order valence-corrected chi connectivity index (χ2v) is 6.69. The van der Waals surface area contributed by atoms with Gasteiger partial charge in [-0.25, -0.2) is 0 Å². The zero-order valence-corrected chi connectivity index (χ0v) is 16.7. The lowest BCUT2D eigenvalue weighted by molar-refractivity contribution is 0.00991. The number of ether oxygens (including phenoxy) is 2. The summed E-state index contributed by atoms with van der Waals surface area (Å²) < 4.78 is 16.2. The SMILES string of the molecule is CCNC(=NCCc1c(C)noc1C)N1CCC(OCCCOC)CC1. The summed E-state index contributed by atoms with van der Waals surface area (Å²) in [7, 11) is 1.73. The van der Waals surface area contributed by atoms with Crippen LogP contribution in [-0.4, -0.2) is 68.6 Å². The fourth-order valence-electron chi connectivity index (χ4n) is 3.25. The molecule has 0 radical (unpaired) electrons. The smallest absolute Gasteiger partial charge is 0.193 e. The van der Waals surface area contributed by atoms with E-state index in [1.165, 1.54) is 5.56 Å². The number of guanidine groups is 1. The number of hydrogen-bond donors (Lipinski definition) is 1. The summed E-state index contributed by atoms with van der Waals surface area (Å²) in [6.45, 7) is 11.2. The first-order valence-corrected chi connectivity index (χ1v) is 9.71. The van der Waals surface area contributed by atoms with E-state index >= 15 is 0 Å². The molecule has 0 unspecified atom stereocenters. The van der Waals surface area contributed by atoms with Gasteiger partial charge in [0.1, 0.15) is 5.76 Å². The molecule has 0 bridgehead atoms. The Hall–Kier alpha value is -1.60. The standard InChI is InChI=1S/C19H34N4O3/c1-5-20-19(21-10-7-18-15(2)22-26-16(18)3)23-11-8-17(9-12-23)25-14-6-13-24-4/h17H,5-14H2,1-4H3,(H,20,21). The highest BCUT2D eigenvalue weighted by atomic mass is 16.5. The third kappa shape index (κ3) is 6.29. The lowest BCUT2D eigenvalue weighted by Crippen LogP contribution is -2.47. The second kappa shape index (κ2) is 11.2. The van der Waals surface area contributed by atoms with Crippen molar-refractivity contribution >= 4 is 5.96 Å². The van der Waals surface area contributed by atoms with Crippen LogP contribution in [-0.2, 0) is 15.9 Å². The lowest BCUT2D eigenvalue weighted by Gasteiger charge is -2.34. The van der Waals surface area contributed by atoms with E-state index < -0.39 is 0 Å². The number of piperidine rings is 1. The Balaban J connectivity index is 1.80. The Bertz CT molecular complexity index is 531. The molecule has 0 atom stereocenters. The van der Waals surface area contributed by atoms with Crippen LogP contribution in [0.15, 0.2) is 9.52 Å². The Morgan fingerprint density at radius 2 is 2.08 bits per heavy atom. The highest BCUT2D eigenvalue weighted by Gasteiger charge is 2.21. The molecule has 2 rings (SSSR count). The Morgan fingerprint density at radius 1 is 1.31 bits per heavy atom. The third-order valence-corrected chi connectivity index (χ3v) is 4.73. The number of hydrogen-bond acceptors (Lipinski definition) is 5. The van der Waals surface area contributed by atoms with Gasteiger partial charge in [-0.3, -0.25) is 4.99 Å². The maximum Gasteiger partial charge on any atom is 0.193 e. The van der Waals surface area contributed by atoms with Crippen LogP contribution in [0, 0.1) is 13.8 Å². The van der Waals surface area contributed by atoms with Gasteiger partial charge in [-0.05, 0) is 46.5 Å². The minimum atomic E-state index is 0.355. The van der Waals surface area contributed by atoms with E-state index in [4.69, 9.17) is 19.0 Å². The monoisotopic (exact) mass is 366 g/mol. The highest BCUT2D eigenvalue weighted by molar-refractivity contribution is 5.80. The number of aryl methyl sites for hydroxylation is 2. The first kappa shape index (κ1) is 20.7. The van der Waals surface area contributed by atoms with E-state index in [0.717, 1.165) is 82.5 Å². The molecule has 1 aromatic rings. The van der Waals surface area contributed by atoms with E-state index in [9.17, 15) is 0 Å². The van der Waals surface area contributed by atoms with Gasteiger partial charge in [0.15, 0.2) is 5.96 Å². The molecule has 1 fully saturated rings. The fraction of sp³-hybridized carbons (Fsp3) is 0.789. The van der Waals surface area contributed by atoms with Gasteiger partial charge >= 0.3 is 0 Å². The van der Waals surface area contributed by atoms with Crippen LogP contribution in [0.3, 0.4) is 0 Å². The van der Waals surface area contributed by atoms with Crippen LogP contribution in [0.25, 0.3) is 0 Å². The molecule has 0 amide bonds. The summed E-state index contributed by atoms with van der Waals surface area (Å²) >= 11 is 0. The second-order valence-electron chi connectivity index (χ2n) is 6.69. The molecule has 7 heteroatoms. The van der Waals surface area contributed by atoms with Crippen molar-refractivity contribution in [3.05, 3.63) is 17.0 Å². The van der Waals surface area contributed by atoms with Crippen molar-refractivity contribution in [2.24, 2.45) is 4.99 Å². The lowest BCUT2D eigenvalue weighted by atomic mass is 10.1. The Labute approximate surface area is 157 Å². The van der Waals surface area contributed by atoms with Gasteiger partial charge in [0.2, 0.25) is 0 Å². The predicted octanol–water partition coefficient (Wildman–Crippen LogP) is 2.32. The number of nitrogens with one attached hydrogen (secondary N) is 1. The maximum atomic E-state index is 5.95. The molecule has 2 heterocycles. The van der Waals surface area contributed by atoms with Crippen LogP contribution in [0.1, 0.15) is 43.2 Å². The average Bonchev–Trinajstić information content (AvgIpc) is 2.97. The van der Waals surface area contributed by atoms with Crippen molar-refractivity contribution in [1.29, 1.82) is 0 Å². The Kier molecular flexibility index (Phi) is 8.91. The van der Waals surface area contributed by atoms with E-state index in [0.29, 0.717) is 6.10 Å². The van der Waals surface area contributed by atoms with Gasteiger partial charge in [-0.1, -0.05) is 5.16 Å². The number of aromatic nitrogens is 1. The summed E-state index contributed by atoms with van der Waals surface area (Å²) in [5.41, 5.74) is 2.14. The molecule has 1 aliphatic rings. The van der Waals surface area contributed by atoms with Gasteiger partial charge in [-0.2, -0.15) is 0 Å². The molecule has 1 N–H and O–H groups in total. The first-order valence-electron chi connectivity index (χ1n) is 9.71. The zero-order valence-electron chi connectivity index (χ0n) is 16.7. The summed E-state index contributed by atoms with van der Waals surface area (Å²) in [4.78, 5) is 7.15. The van der Waals surface area contributed by atoms with Crippen molar-refractivity contribution in [1.82, 2.24) is 15.4 Å². The molecule has 148 valence electrons. The van der Waals surface area contributed by atoms with Crippen molar-refractivity contribution in [3.63, 3.8) is 0 Å². The molecule has 1 saturated heterocycles. The van der Waals surface area contributed by atoms with Crippen LogP contribution in [0.2, 0.25) is 0 Å². The third-order valence-electron chi connectivity index (χ3n) is 4.73. The van der Waals surface area contributed by atoms with Crippen LogP contribution >= 0.6 is 0 Å². The predicted molar refractivity (Wildman–Crippen MR) is 103 cm³/mol. The van der Waals surface area contributed by atoms with E-state index in [1.54, 1.807) is 7.11 Å². The molecule has 0 saturated carbocycles. The van der Waals surface area contributed by atoms with Gasteiger partial charge in [-0.15, -0.1) is 0 Å². The van der Waals surface area contributed by atoms with Crippen LogP contribution < -0.4 is 5.32 Å². The van der Waals surface area contributed by atoms with Gasteiger partial charge in [0.25, 0.3) is 0 Å². The Morgan fingerprint density at radius 3 is 2.69 bits per heavy atom. The van der Waals surface area contributed by atoms with Crippen LogP contribution in [0.4, 0.5) is 0 Å². The molecule has 7 nitrogen and oxygen atoms in total. The zero-order chi connectivity index (χ0) is 18.8. The van der Waals surface area contributed by atoms with Crippen molar-refractivity contribution in [2.75, 3.05) is 46.5 Å². The van der Waals surface area contributed by atoms with Gasteiger partial charge in [0, 0.05) is 52.1 Å². The summed E-state index contributed by atoms with van der Waals surface area (Å²) in [6.07, 6.45) is 4.26. The molecule has 0 aromatic carbocycles. The summed E-state index contributed by atoms with van der Waals surface area (Å²) in [5, 5.41) is 7.43. The van der Waals surface area contributed by atoms with E-state index in [-0.39, 0.29) is 0 Å². The fourth-order valence-corrected chi connectivity index (χ4v) is 3.25. The number of nitrogens with zero attached hydrogens (tertiary/aromatic N) is 3. The van der Waals surface area contributed by atoms with Gasteiger partial charge in [0.05, 0.1) is 11.8 Å².